The van der Waals surface area contributed by atoms with Crippen molar-refractivity contribution < 1.29 is 9.59 Å². The topological polar surface area (TPSA) is 52.6 Å². The quantitative estimate of drug-likeness (QED) is 0.607. The van der Waals surface area contributed by atoms with E-state index in [0.29, 0.717) is 25.7 Å². The third-order valence-electron chi connectivity index (χ3n) is 2.93. The Morgan fingerprint density at radius 1 is 1.41 bits per heavy atom. The average molecular weight is 255 g/mol. The first kappa shape index (κ1) is 12.3. The van der Waals surface area contributed by atoms with E-state index in [4.69, 9.17) is 0 Å². The number of hydrogen-bond acceptors (Lipinski definition) is 5. The molecule has 1 unspecified atom stereocenters. The van der Waals surface area contributed by atoms with Crippen molar-refractivity contribution in [2.45, 2.75) is 38.6 Å². The largest absolute Gasteiger partial charge is 0.314 e. The number of hydrogen-bond donors (Lipinski definition) is 1. The van der Waals surface area contributed by atoms with Crippen LogP contribution in [0.15, 0.2) is 11.9 Å². The maximum Gasteiger partial charge on any atom is 0.229 e. The Balaban J connectivity index is 1.99. The van der Waals surface area contributed by atoms with Gasteiger partial charge < -0.3 is 9.03 Å². The van der Waals surface area contributed by atoms with Gasteiger partial charge in [0.2, 0.25) is 11.8 Å². The molecule has 0 saturated carbocycles. The van der Waals surface area contributed by atoms with Gasteiger partial charge >= 0.3 is 0 Å². The number of carbonyl (C=O) groups is 2. The van der Waals surface area contributed by atoms with Crippen molar-refractivity contribution in [3.8, 4) is 0 Å². The van der Waals surface area contributed by atoms with Crippen molar-refractivity contribution in [1.29, 1.82) is 0 Å². The average Bonchev–Trinajstić information content (AvgIpc) is 2.63. The summed E-state index contributed by atoms with van der Waals surface area (Å²) in [5.41, 5.74) is 1.05. The molecule has 17 heavy (non-hydrogen) atoms. The van der Waals surface area contributed by atoms with Crippen LogP contribution < -0.4 is 4.72 Å². The highest BCUT2D eigenvalue weighted by Gasteiger charge is 2.30. The molecule has 5 nitrogen and oxygen atoms in total. The van der Waals surface area contributed by atoms with Gasteiger partial charge in [0.15, 0.2) is 0 Å². The monoisotopic (exact) mass is 255 g/mol. The van der Waals surface area contributed by atoms with Crippen molar-refractivity contribution in [3.05, 3.63) is 11.9 Å². The summed E-state index contributed by atoms with van der Waals surface area (Å²) in [7, 11) is 1.95. The highest BCUT2D eigenvalue weighted by molar-refractivity contribution is 7.95. The van der Waals surface area contributed by atoms with Crippen LogP contribution in [-0.2, 0) is 9.59 Å². The lowest BCUT2D eigenvalue weighted by Crippen LogP contribution is -2.46. The first-order chi connectivity index (χ1) is 8.08. The summed E-state index contributed by atoms with van der Waals surface area (Å²) < 4.78 is 5.12. The van der Waals surface area contributed by atoms with Crippen LogP contribution in [0.2, 0.25) is 0 Å². The van der Waals surface area contributed by atoms with Crippen LogP contribution in [0.1, 0.15) is 32.6 Å². The molecule has 1 saturated heterocycles. The van der Waals surface area contributed by atoms with Gasteiger partial charge in [-0.1, -0.05) is 0 Å². The lowest BCUT2D eigenvalue weighted by molar-refractivity contribution is -0.150. The van der Waals surface area contributed by atoms with Crippen LogP contribution in [0.3, 0.4) is 0 Å². The van der Waals surface area contributed by atoms with Gasteiger partial charge in [-0.15, -0.1) is 0 Å². The summed E-state index contributed by atoms with van der Waals surface area (Å²) in [6.07, 6.45) is 4.36. The van der Waals surface area contributed by atoms with Crippen molar-refractivity contribution in [2.24, 2.45) is 0 Å². The molecule has 0 aromatic rings. The number of likely N-dealkylation sites (tertiary alicyclic amines) is 1. The minimum Gasteiger partial charge on any atom is -0.314 e. The molecular weight excluding hydrogens is 238 g/mol. The van der Waals surface area contributed by atoms with Crippen LogP contribution >= 0.6 is 12.1 Å². The molecule has 2 aliphatic heterocycles. The number of rotatable bonds is 3. The summed E-state index contributed by atoms with van der Waals surface area (Å²) >= 11 is 1.50. The van der Waals surface area contributed by atoms with Gasteiger partial charge in [0.05, 0.1) is 12.1 Å². The predicted molar refractivity (Wildman–Crippen MR) is 66.4 cm³/mol. The summed E-state index contributed by atoms with van der Waals surface area (Å²) in [5.74, 6) is -0.0679. The smallest absolute Gasteiger partial charge is 0.229 e. The lowest BCUT2D eigenvalue weighted by atomic mass is 10.0. The van der Waals surface area contributed by atoms with Gasteiger partial charge in [0.1, 0.15) is 0 Å². The van der Waals surface area contributed by atoms with E-state index < -0.39 is 0 Å². The zero-order chi connectivity index (χ0) is 12.4. The number of imide groups is 1. The molecule has 2 aliphatic rings. The minimum atomic E-state index is -0.0684. The predicted octanol–water partition coefficient (Wildman–Crippen LogP) is 1.24. The number of piperidine rings is 1. The van der Waals surface area contributed by atoms with E-state index >= 15 is 0 Å². The van der Waals surface area contributed by atoms with Gasteiger partial charge in [-0.25, -0.2) is 0 Å². The molecule has 0 aromatic heterocycles. The molecule has 6 heteroatoms. The summed E-state index contributed by atoms with van der Waals surface area (Å²) in [4.78, 5) is 24.9. The van der Waals surface area contributed by atoms with Crippen LogP contribution in [0.25, 0.3) is 0 Å². The van der Waals surface area contributed by atoms with Crippen LogP contribution in [-0.4, -0.2) is 34.1 Å². The maximum absolute atomic E-state index is 11.7. The standard InChI is InChI=1S/C11H17N3O2S/c1-8(6-9-7-13(2)17-12-9)14-10(15)4-3-5-11(14)16/h7-8,12H,3-6H2,1-2H3. The fraction of sp³-hybridized carbons (Fsp3) is 0.636. The van der Waals surface area contributed by atoms with E-state index in [1.165, 1.54) is 17.0 Å². The number of amides is 2. The Labute approximate surface area is 105 Å². The SMILES string of the molecule is CC(CC1=CN(C)SN1)N1C(=O)CCCC1=O. The van der Waals surface area contributed by atoms with E-state index in [1.807, 2.05) is 24.5 Å². The second-order valence-electron chi connectivity index (χ2n) is 4.46. The van der Waals surface area contributed by atoms with E-state index in [-0.39, 0.29) is 17.9 Å². The Morgan fingerprint density at radius 2 is 2.06 bits per heavy atom. The molecule has 1 fully saturated rings. The van der Waals surface area contributed by atoms with Gasteiger partial charge in [-0.05, 0) is 13.3 Å². The zero-order valence-electron chi connectivity index (χ0n) is 10.1. The van der Waals surface area contributed by atoms with E-state index in [2.05, 4.69) is 4.72 Å². The van der Waals surface area contributed by atoms with Crippen LogP contribution in [0.4, 0.5) is 0 Å². The van der Waals surface area contributed by atoms with Crippen molar-refractivity contribution in [2.75, 3.05) is 7.05 Å². The van der Waals surface area contributed by atoms with E-state index in [1.54, 1.807) is 0 Å². The molecule has 2 rings (SSSR count). The number of nitrogens with one attached hydrogen (secondary N) is 1. The first-order valence-corrected chi connectivity index (χ1v) is 6.56. The Hall–Kier alpha value is -1.17. The van der Waals surface area contributed by atoms with Gasteiger partial charge in [0, 0.05) is 44.2 Å². The maximum atomic E-state index is 11.7. The lowest BCUT2D eigenvalue weighted by Gasteiger charge is -2.30. The molecule has 0 radical (unpaired) electrons. The third kappa shape index (κ3) is 2.74. The van der Waals surface area contributed by atoms with E-state index in [0.717, 1.165) is 5.70 Å². The molecule has 0 bridgehead atoms. The fourth-order valence-electron chi connectivity index (χ4n) is 2.17. The minimum absolute atomic E-state index is 0.0339. The Bertz CT molecular complexity index is 354. The second-order valence-corrected chi connectivity index (χ2v) is 5.42. The summed E-state index contributed by atoms with van der Waals surface area (Å²) in [6, 6.07) is -0.0684. The van der Waals surface area contributed by atoms with Crippen LogP contribution in [0, 0.1) is 0 Å². The number of carbonyl (C=O) groups excluding carboxylic acids is 2. The number of nitrogens with zero attached hydrogens (tertiary/aromatic N) is 2. The van der Waals surface area contributed by atoms with Gasteiger partial charge in [0.25, 0.3) is 0 Å². The highest BCUT2D eigenvalue weighted by Crippen LogP contribution is 2.23. The van der Waals surface area contributed by atoms with Gasteiger partial charge in [-0.3, -0.25) is 14.5 Å². The van der Waals surface area contributed by atoms with Crippen molar-refractivity contribution in [1.82, 2.24) is 13.9 Å². The summed E-state index contributed by atoms with van der Waals surface area (Å²) in [5, 5.41) is 0. The Kier molecular flexibility index (Phi) is 3.61. The molecule has 2 amide bonds. The fourth-order valence-corrected chi connectivity index (χ4v) is 2.75. The zero-order valence-corrected chi connectivity index (χ0v) is 10.9. The van der Waals surface area contributed by atoms with E-state index in [9.17, 15) is 9.59 Å². The highest BCUT2D eigenvalue weighted by atomic mass is 32.2. The molecule has 94 valence electrons. The Morgan fingerprint density at radius 3 is 2.59 bits per heavy atom. The summed E-state index contributed by atoms with van der Waals surface area (Å²) in [6.45, 7) is 1.92. The third-order valence-corrected chi connectivity index (χ3v) is 3.68. The molecule has 0 aromatic carbocycles. The molecule has 2 heterocycles. The molecular formula is C11H17N3O2S. The van der Waals surface area contributed by atoms with Crippen LogP contribution in [0.5, 0.6) is 0 Å². The molecule has 0 spiro atoms. The normalized spacial score (nSPS) is 22.6. The molecule has 0 aliphatic carbocycles. The van der Waals surface area contributed by atoms with Crippen molar-refractivity contribution >= 4 is 23.9 Å². The first-order valence-electron chi connectivity index (χ1n) is 5.79. The molecule has 1 atom stereocenters. The molecule has 1 N–H and O–H groups in total. The second kappa shape index (κ2) is 5.00. The van der Waals surface area contributed by atoms with Gasteiger partial charge in [-0.2, -0.15) is 0 Å². The van der Waals surface area contributed by atoms with Crippen molar-refractivity contribution in [3.63, 3.8) is 0 Å².